The SMILES string of the molecule is CC(C)(C)OC(=O)n1ccc2c(F)c(O)ccc21. The van der Waals surface area contributed by atoms with Crippen molar-refractivity contribution in [2.45, 2.75) is 26.4 Å². The number of nitrogens with zero attached hydrogens (tertiary/aromatic N) is 1. The van der Waals surface area contributed by atoms with Gasteiger partial charge in [0.25, 0.3) is 0 Å². The van der Waals surface area contributed by atoms with E-state index in [0.717, 1.165) is 0 Å². The highest BCUT2D eigenvalue weighted by Crippen LogP contribution is 2.26. The lowest BCUT2D eigenvalue weighted by atomic mass is 10.2. The van der Waals surface area contributed by atoms with Crippen molar-refractivity contribution in [2.75, 3.05) is 0 Å². The summed E-state index contributed by atoms with van der Waals surface area (Å²) in [6.07, 6.45) is 0.837. The Balaban J connectivity index is 2.48. The maximum Gasteiger partial charge on any atom is 0.418 e. The van der Waals surface area contributed by atoms with E-state index in [1.165, 1.54) is 29.0 Å². The zero-order chi connectivity index (χ0) is 13.5. The van der Waals surface area contributed by atoms with Gasteiger partial charge in [-0.15, -0.1) is 0 Å². The molecule has 1 aromatic heterocycles. The van der Waals surface area contributed by atoms with Crippen LogP contribution >= 0.6 is 0 Å². The van der Waals surface area contributed by atoms with Gasteiger partial charge < -0.3 is 9.84 Å². The van der Waals surface area contributed by atoms with E-state index < -0.39 is 23.3 Å². The highest BCUT2D eigenvalue weighted by atomic mass is 19.1. The van der Waals surface area contributed by atoms with Gasteiger partial charge in [0.15, 0.2) is 11.6 Å². The Labute approximate surface area is 104 Å². The van der Waals surface area contributed by atoms with Crippen LogP contribution in [0.3, 0.4) is 0 Å². The van der Waals surface area contributed by atoms with E-state index in [-0.39, 0.29) is 5.39 Å². The third-order valence-corrected chi connectivity index (χ3v) is 2.38. The summed E-state index contributed by atoms with van der Waals surface area (Å²) in [4.78, 5) is 11.9. The van der Waals surface area contributed by atoms with Crippen molar-refractivity contribution in [2.24, 2.45) is 0 Å². The minimum Gasteiger partial charge on any atom is -0.505 e. The first-order valence-electron chi connectivity index (χ1n) is 5.51. The van der Waals surface area contributed by atoms with E-state index in [9.17, 15) is 14.3 Å². The smallest absolute Gasteiger partial charge is 0.418 e. The molecule has 1 N–H and O–H groups in total. The topological polar surface area (TPSA) is 51.5 Å². The second-order valence-electron chi connectivity index (χ2n) is 5.00. The van der Waals surface area contributed by atoms with Crippen LogP contribution in [0.15, 0.2) is 24.4 Å². The highest BCUT2D eigenvalue weighted by molar-refractivity contribution is 5.90. The van der Waals surface area contributed by atoms with Gasteiger partial charge in [0, 0.05) is 11.6 Å². The number of benzene rings is 1. The summed E-state index contributed by atoms with van der Waals surface area (Å²) in [7, 11) is 0. The number of phenolic OH excluding ortho intramolecular Hbond substituents is 1. The van der Waals surface area contributed by atoms with Crippen molar-refractivity contribution in [1.82, 2.24) is 4.57 Å². The minimum atomic E-state index is -0.741. The largest absolute Gasteiger partial charge is 0.505 e. The lowest BCUT2D eigenvalue weighted by Gasteiger charge is -2.19. The van der Waals surface area contributed by atoms with Gasteiger partial charge >= 0.3 is 6.09 Å². The molecule has 0 aliphatic heterocycles. The Morgan fingerprint density at radius 2 is 2.00 bits per heavy atom. The fourth-order valence-corrected chi connectivity index (χ4v) is 1.64. The van der Waals surface area contributed by atoms with E-state index in [2.05, 4.69) is 0 Å². The standard InChI is InChI=1S/C13H14FNO3/c1-13(2,3)18-12(17)15-7-6-8-9(15)4-5-10(16)11(8)14/h4-7,16H,1-3H3. The van der Waals surface area contributed by atoms with Crippen LogP contribution in [0.2, 0.25) is 0 Å². The molecular formula is C13H14FNO3. The normalized spacial score (nSPS) is 11.8. The van der Waals surface area contributed by atoms with Gasteiger partial charge in [-0.2, -0.15) is 0 Å². The number of aromatic nitrogens is 1. The summed E-state index contributed by atoms with van der Waals surface area (Å²) in [5.74, 6) is -1.18. The zero-order valence-corrected chi connectivity index (χ0v) is 10.4. The Morgan fingerprint density at radius 1 is 1.33 bits per heavy atom. The molecule has 2 rings (SSSR count). The number of fused-ring (bicyclic) bond motifs is 1. The molecule has 0 amide bonds. The van der Waals surface area contributed by atoms with Gasteiger partial charge in [0.2, 0.25) is 0 Å². The third-order valence-electron chi connectivity index (χ3n) is 2.38. The molecule has 1 heterocycles. The van der Waals surface area contributed by atoms with Crippen LogP contribution < -0.4 is 0 Å². The lowest BCUT2D eigenvalue weighted by molar-refractivity contribution is 0.0544. The van der Waals surface area contributed by atoms with Gasteiger partial charge in [-0.1, -0.05) is 0 Å². The molecule has 0 unspecified atom stereocenters. The quantitative estimate of drug-likeness (QED) is 0.781. The maximum atomic E-state index is 13.6. The lowest BCUT2D eigenvalue weighted by Crippen LogP contribution is -2.26. The van der Waals surface area contributed by atoms with E-state index in [1.54, 1.807) is 20.8 Å². The van der Waals surface area contributed by atoms with Crippen LogP contribution in [-0.2, 0) is 4.74 Å². The molecular weight excluding hydrogens is 237 g/mol. The first kappa shape index (κ1) is 12.4. The second kappa shape index (κ2) is 4.01. The number of carbonyl (C=O) groups excluding carboxylic acids is 1. The minimum absolute atomic E-state index is 0.181. The van der Waals surface area contributed by atoms with Crippen LogP contribution in [0.1, 0.15) is 20.8 Å². The number of hydrogen-bond acceptors (Lipinski definition) is 3. The highest BCUT2D eigenvalue weighted by Gasteiger charge is 2.20. The Kier molecular flexibility index (Phi) is 2.77. The van der Waals surface area contributed by atoms with Crippen molar-refractivity contribution in [3.8, 4) is 5.75 Å². The maximum absolute atomic E-state index is 13.6. The number of halogens is 1. The van der Waals surface area contributed by atoms with Crippen molar-refractivity contribution in [1.29, 1.82) is 0 Å². The van der Waals surface area contributed by atoms with E-state index >= 15 is 0 Å². The first-order chi connectivity index (χ1) is 8.29. The fourth-order valence-electron chi connectivity index (χ4n) is 1.64. The van der Waals surface area contributed by atoms with Crippen molar-refractivity contribution < 1.29 is 19.0 Å². The number of aromatic hydroxyl groups is 1. The number of ether oxygens (including phenoxy) is 1. The second-order valence-corrected chi connectivity index (χ2v) is 5.00. The fraction of sp³-hybridized carbons (Fsp3) is 0.308. The van der Waals surface area contributed by atoms with Crippen LogP contribution in [0, 0.1) is 5.82 Å². The van der Waals surface area contributed by atoms with Crippen molar-refractivity contribution in [3.63, 3.8) is 0 Å². The molecule has 0 fully saturated rings. The molecule has 0 aliphatic carbocycles. The average molecular weight is 251 g/mol. The summed E-state index contributed by atoms with van der Waals surface area (Å²) >= 11 is 0. The molecule has 0 radical (unpaired) electrons. The van der Waals surface area contributed by atoms with E-state index in [0.29, 0.717) is 5.52 Å². The van der Waals surface area contributed by atoms with Crippen LogP contribution in [0.4, 0.5) is 9.18 Å². The molecule has 4 nitrogen and oxygen atoms in total. The van der Waals surface area contributed by atoms with E-state index in [4.69, 9.17) is 4.74 Å². The molecule has 0 atom stereocenters. The Bertz CT molecular complexity index is 610. The van der Waals surface area contributed by atoms with E-state index in [1.807, 2.05) is 0 Å². The predicted octanol–water partition coefficient (Wildman–Crippen LogP) is 3.27. The third kappa shape index (κ3) is 2.16. The summed E-state index contributed by atoms with van der Waals surface area (Å²) < 4.78 is 20.0. The van der Waals surface area contributed by atoms with Crippen LogP contribution in [0.5, 0.6) is 5.75 Å². The molecule has 5 heteroatoms. The predicted molar refractivity (Wildman–Crippen MR) is 65.2 cm³/mol. The monoisotopic (exact) mass is 251 g/mol. The number of rotatable bonds is 0. The summed E-state index contributed by atoms with van der Waals surface area (Å²) in [6.45, 7) is 5.26. The van der Waals surface area contributed by atoms with Gasteiger partial charge in [-0.05, 0) is 39.0 Å². The molecule has 18 heavy (non-hydrogen) atoms. The molecule has 0 bridgehead atoms. The first-order valence-corrected chi connectivity index (χ1v) is 5.51. The summed E-state index contributed by atoms with van der Waals surface area (Å²) in [6, 6.07) is 4.10. The Hall–Kier alpha value is -2.04. The summed E-state index contributed by atoms with van der Waals surface area (Å²) in [5, 5.41) is 9.43. The molecule has 0 spiro atoms. The van der Waals surface area contributed by atoms with Crippen molar-refractivity contribution in [3.05, 3.63) is 30.2 Å². The number of carbonyl (C=O) groups is 1. The summed E-state index contributed by atoms with van der Waals surface area (Å²) in [5.41, 5.74) is -0.261. The molecule has 1 aromatic carbocycles. The van der Waals surface area contributed by atoms with Gasteiger partial charge in [0.05, 0.1) is 5.52 Å². The molecule has 0 aliphatic rings. The Morgan fingerprint density at radius 3 is 2.61 bits per heavy atom. The molecule has 2 aromatic rings. The molecule has 0 saturated heterocycles. The van der Waals surface area contributed by atoms with Crippen molar-refractivity contribution >= 4 is 17.0 Å². The van der Waals surface area contributed by atoms with Crippen LogP contribution in [-0.4, -0.2) is 21.4 Å². The number of hydrogen-bond donors (Lipinski definition) is 1. The zero-order valence-electron chi connectivity index (χ0n) is 10.4. The number of phenols is 1. The molecule has 96 valence electrons. The average Bonchev–Trinajstić information content (AvgIpc) is 2.65. The van der Waals surface area contributed by atoms with Gasteiger partial charge in [-0.3, -0.25) is 4.57 Å². The molecule has 0 saturated carbocycles. The van der Waals surface area contributed by atoms with Gasteiger partial charge in [0.1, 0.15) is 5.60 Å². The van der Waals surface area contributed by atoms with Crippen LogP contribution in [0.25, 0.3) is 10.9 Å². The van der Waals surface area contributed by atoms with Gasteiger partial charge in [-0.25, -0.2) is 9.18 Å².